The third-order valence-electron chi connectivity index (χ3n) is 0. The Morgan fingerprint density at radius 1 is 1.25 bits per heavy atom. The van der Waals surface area contributed by atoms with Crippen molar-refractivity contribution in [2.24, 2.45) is 0 Å². The molecule has 0 fully saturated rings. The normalized spacial score (nSPS) is 3.00. The molecule has 0 aliphatic heterocycles. The maximum absolute atomic E-state index is 8.44. The zero-order chi connectivity index (χ0) is 2.71. The summed E-state index contributed by atoms with van der Waals surface area (Å²) in [4.78, 5) is 0. The molecular weight excluding hydrogens is 151 g/mol. The molecule has 0 bridgehead atoms. The van der Waals surface area contributed by atoms with Crippen LogP contribution in [0, 0.1) is 0 Å². The van der Waals surface area contributed by atoms with Crippen LogP contribution in [-0.2, 0) is 7.67 Å². The van der Waals surface area contributed by atoms with Gasteiger partial charge in [-0.1, -0.05) is 0 Å². The van der Waals surface area contributed by atoms with E-state index >= 15 is 0 Å². The molecule has 0 N–H and O–H groups in total. The molecule has 4 heavy (non-hydrogen) atoms. The van der Waals surface area contributed by atoms with E-state index in [-0.39, 0.29) is 37.7 Å². The van der Waals surface area contributed by atoms with Crippen LogP contribution in [0.15, 0.2) is 0 Å². The summed E-state index contributed by atoms with van der Waals surface area (Å²) in [6.45, 7) is 0. The van der Waals surface area contributed by atoms with E-state index in [1.54, 1.807) is 0 Å². The summed E-state index contributed by atoms with van der Waals surface area (Å²) in [7, 11) is 0. The van der Waals surface area contributed by atoms with Gasteiger partial charge >= 0.3 is 22.5 Å². The monoisotopic (exact) mass is 152 g/mol. The predicted octanol–water partition coefficient (Wildman–Crippen LogP) is -0.999. The topological polar surface area (TPSA) is 34.1 Å². The SMILES string of the molecule is O=[Se]=O.[Ca]. The van der Waals surface area contributed by atoms with Gasteiger partial charge in [-0.2, -0.15) is 0 Å². The fraction of sp³-hybridized carbons (Fsp3) is 0. The molecule has 20 valence electrons. The summed E-state index contributed by atoms with van der Waals surface area (Å²) in [5.74, 6) is 0. The Morgan fingerprint density at radius 2 is 1.25 bits per heavy atom. The molecule has 0 unspecified atom stereocenters. The van der Waals surface area contributed by atoms with E-state index in [1.807, 2.05) is 0 Å². The van der Waals surface area contributed by atoms with Gasteiger partial charge in [0, 0.05) is 37.7 Å². The van der Waals surface area contributed by atoms with E-state index in [1.165, 1.54) is 0 Å². The molecule has 0 aliphatic rings. The fourth-order valence-electron chi connectivity index (χ4n) is 0. The number of rotatable bonds is 0. The second-order valence-electron chi connectivity index (χ2n) is 0.0680. The molecular formula is CaO2Se. The molecule has 0 aromatic heterocycles. The van der Waals surface area contributed by atoms with Crippen LogP contribution in [0.2, 0.25) is 0 Å². The standard InChI is InChI=1S/Ca.O2Se/c;1-3-2. The van der Waals surface area contributed by atoms with Gasteiger partial charge in [-0.25, -0.2) is 0 Å². The molecule has 0 aliphatic carbocycles. The minimum absolute atomic E-state index is 0. The minimum atomic E-state index is -1.62. The van der Waals surface area contributed by atoms with Crippen LogP contribution in [0.4, 0.5) is 0 Å². The Bertz CT molecular complexity index is 27.0. The summed E-state index contributed by atoms with van der Waals surface area (Å²) in [6.07, 6.45) is 0. The molecule has 0 aromatic rings. The van der Waals surface area contributed by atoms with Gasteiger partial charge in [-0.15, -0.1) is 0 Å². The van der Waals surface area contributed by atoms with E-state index in [9.17, 15) is 0 Å². The molecule has 0 saturated heterocycles. The third-order valence-corrected chi connectivity index (χ3v) is 0. The van der Waals surface area contributed by atoms with Gasteiger partial charge in [0.15, 0.2) is 0 Å². The molecule has 0 heterocycles. The van der Waals surface area contributed by atoms with Crippen LogP contribution in [0.1, 0.15) is 0 Å². The molecule has 0 saturated carbocycles. The molecule has 0 atom stereocenters. The molecule has 0 rings (SSSR count). The summed E-state index contributed by atoms with van der Waals surface area (Å²) in [5, 5.41) is 0. The molecule has 0 amide bonds. The maximum atomic E-state index is 8.44. The second-order valence-corrected chi connectivity index (χ2v) is 0.354. The first kappa shape index (κ1) is 9.03. The second kappa shape index (κ2) is 8.83. The van der Waals surface area contributed by atoms with Gasteiger partial charge in [0.1, 0.15) is 0 Å². The van der Waals surface area contributed by atoms with Crippen molar-refractivity contribution in [1.29, 1.82) is 0 Å². The zero-order valence-corrected chi connectivity index (χ0v) is 5.85. The molecule has 0 spiro atoms. The van der Waals surface area contributed by atoms with Gasteiger partial charge in [0.05, 0.1) is 0 Å². The Balaban J connectivity index is 0. The Labute approximate surface area is 59.5 Å². The van der Waals surface area contributed by atoms with Crippen molar-refractivity contribution >= 4 is 52.6 Å². The van der Waals surface area contributed by atoms with Crippen molar-refractivity contribution in [3.63, 3.8) is 0 Å². The maximum Gasteiger partial charge on any atom is 0 e. The van der Waals surface area contributed by atoms with E-state index in [2.05, 4.69) is 0 Å². The van der Waals surface area contributed by atoms with E-state index < -0.39 is 14.8 Å². The van der Waals surface area contributed by atoms with Crippen molar-refractivity contribution < 1.29 is 7.67 Å². The number of hydrogen-bond donors (Lipinski definition) is 0. The quantitative estimate of drug-likeness (QED) is 0.416. The van der Waals surface area contributed by atoms with Gasteiger partial charge in [-0.3, -0.25) is 0 Å². The van der Waals surface area contributed by atoms with Gasteiger partial charge in [0.2, 0.25) is 0 Å². The van der Waals surface area contributed by atoms with Crippen LogP contribution < -0.4 is 0 Å². The zero-order valence-electron chi connectivity index (χ0n) is 1.93. The summed E-state index contributed by atoms with van der Waals surface area (Å²) in [6, 6.07) is 0. The predicted molar refractivity (Wildman–Crippen MR) is 12.9 cm³/mol. The largest absolute Gasteiger partial charge is 0 e. The van der Waals surface area contributed by atoms with E-state index in [4.69, 9.17) is 7.67 Å². The third kappa shape index (κ3) is 10.1. The Hall–Kier alpha value is 1.38. The fourth-order valence-corrected chi connectivity index (χ4v) is 0. The van der Waals surface area contributed by atoms with Crippen molar-refractivity contribution in [3.8, 4) is 0 Å². The summed E-state index contributed by atoms with van der Waals surface area (Å²) >= 11 is -1.62. The molecule has 4 heteroatoms. The van der Waals surface area contributed by atoms with Crippen LogP contribution in [0.25, 0.3) is 0 Å². The first-order valence-electron chi connectivity index (χ1n) is 0.333. The average Bonchev–Trinajstić information content (AvgIpc) is 0.918. The van der Waals surface area contributed by atoms with Crippen LogP contribution >= 0.6 is 0 Å². The van der Waals surface area contributed by atoms with Crippen molar-refractivity contribution in [2.45, 2.75) is 0 Å². The Kier molecular flexibility index (Phi) is 20.0. The molecule has 2 nitrogen and oxygen atoms in total. The van der Waals surface area contributed by atoms with E-state index in [0.29, 0.717) is 0 Å². The van der Waals surface area contributed by atoms with Gasteiger partial charge in [0.25, 0.3) is 0 Å². The van der Waals surface area contributed by atoms with Crippen LogP contribution in [0.3, 0.4) is 0 Å². The average molecular weight is 151 g/mol. The summed E-state index contributed by atoms with van der Waals surface area (Å²) in [5.41, 5.74) is 0. The van der Waals surface area contributed by atoms with Gasteiger partial charge < -0.3 is 0 Å². The van der Waals surface area contributed by atoms with Crippen molar-refractivity contribution in [3.05, 3.63) is 0 Å². The molecule has 2 radical (unpaired) electrons. The summed E-state index contributed by atoms with van der Waals surface area (Å²) < 4.78 is 16.9. The van der Waals surface area contributed by atoms with Gasteiger partial charge in [-0.05, 0) is 0 Å². The first-order chi connectivity index (χ1) is 1.41. The van der Waals surface area contributed by atoms with Crippen LogP contribution in [0.5, 0.6) is 0 Å². The Morgan fingerprint density at radius 3 is 1.25 bits per heavy atom. The first-order valence-corrected chi connectivity index (χ1v) is 1.73. The van der Waals surface area contributed by atoms with Crippen molar-refractivity contribution in [1.82, 2.24) is 0 Å². The minimum Gasteiger partial charge on any atom is 0 e. The molecule has 0 aromatic carbocycles. The smallest absolute Gasteiger partial charge is 0 e. The van der Waals surface area contributed by atoms with Crippen molar-refractivity contribution in [2.75, 3.05) is 0 Å². The number of hydrogen-bond acceptors (Lipinski definition) is 2. The van der Waals surface area contributed by atoms with Crippen LogP contribution in [-0.4, -0.2) is 52.6 Å². The van der Waals surface area contributed by atoms with E-state index in [0.717, 1.165) is 0 Å².